The predicted molar refractivity (Wildman–Crippen MR) is 45.1 cm³/mol. The molecule has 0 aliphatic carbocycles. The van der Waals surface area contributed by atoms with E-state index < -0.39 is 0 Å². The molecule has 10 heavy (non-hydrogen) atoms. The van der Waals surface area contributed by atoms with Crippen LogP contribution in [0.1, 0.15) is 26.7 Å². The normalized spacial score (nSPS) is 20.8. The van der Waals surface area contributed by atoms with Crippen LogP contribution >= 0.6 is 0 Å². The van der Waals surface area contributed by atoms with Gasteiger partial charge >= 0.3 is 0 Å². The highest BCUT2D eigenvalue weighted by Gasteiger charge is 2.06. The van der Waals surface area contributed by atoms with Gasteiger partial charge in [0, 0.05) is 13.1 Å². The second-order valence-corrected chi connectivity index (χ2v) is 3.10. The summed E-state index contributed by atoms with van der Waals surface area (Å²) in [5.74, 6) is 0. The average Bonchev–Trinajstić information content (AvgIpc) is 1.95. The lowest BCUT2D eigenvalue weighted by Gasteiger charge is -2.24. The summed E-state index contributed by atoms with van der Waals surface area (Å²) < 4.78 is 0. The lowest BCUT2D eigenvalue weighted by Crippen LogP contribution is -2.28. The number of hydrogen-bond acceptors (Lipinski definition) is 1. The Morgan fingerprint density at radius 3 is 2.90 bits per heavy atom. The van der Waals surface area contributed by atoms with Crippen LogP contribution in [0.25, 0.3) is 0 Å². The van der Waals surface area contributed by atoms with Gasteiger partial charge in [-0.1, -0.05) is 18.6 Å². The fraction of sp³-hybridized carbons (Fsp3) is 0.778. The zero-order valence-electron chi connectivity index (χ0n) is 7.06. The molecule has 1 heterocycles. The number of hydrogen-bond donors (Lipinski definition) is 0. The Bertz CT molecular complexity index is 127. The quantitative estimate of drug-likeness (QED) is 0.529. The first-order valence-corrected chi connectivity index (χ1v) is 4.21. The summed E-state index contributed by atoms with van der Waals surface area (Å²) in [7, 11) is 0. The van der Waals surface area contributed by atoms with Gasteiger partial charge in [0.1, 0.15) is 0 Å². The molecule has 0 aromatic heterocycles. The third-order valence-electron chi connectivity index (χ3n) is 2.06. The minimum atomic E-state index is 1.18. The maximum absolute atomic E-state index is 2.51. The molecule has 0 aromatic rings. The molecule has 0 atom stereocenters. The summed E-state index contributed by atoms with van der Waals surface area (Å²) in [6, 6.07) is 0. The van der Waals surface area contributed by atoms with E-state index in [0.717, 1.165) is 0 Å². The van der Waals surface area contributed by atoms with E-state index in [0.29, 0.717) is 0 Å². The van der Waals surface area contributed by atoms with E-state index in [4.69, 9.17) is 0 Å². The standard InChI is InChI=1S/C9H17N/c1-3-6-10-7-4-9(2)5-8-10/h4H,3,5-8H2,1-2H3. The van der Waals surface area contributed by atoms with Crippen LogP contribution in [0.2, 0.25) is 0 Å². The van der Waals surface area contributed by atoms with Crippen molar-refractivity contribution in [3.05, 3.63) is 11.6 Å². The van der Waals surface area contributed by atoms with Crippen LogP contribution in [0, 0.1) is 0 Å². The Morgan fingerprint density at radius 2 is 2.40 bits per heavy atom. The van der Waals surface area contributed by atoms with Gasteiger partial charge in [-0.05, 0) is 26.3 Å². The van der Waals surface area contributed by atoms with Gasteiger partial charge in [0.15, 0.2) is 0 Å². The van der Waals surface area contributed by atoms with Crippen molar-refractivity contribution >= 4 is 0 Å². The van der Waals surface area contributed by atoms with Gasteiger partial charge in [0.05, 0.1) is 0 Å². The maximum Gasteiger partial charge on any atom is 0.0165 e. The van der Waals surface area contributed by atoms with Crippen LogP contribution in [0.5, 0.6) is 0 Å². The van der Waals surface area contributed by atoms with Crippen molar-refractivity contribution in [2.24, 2.45) is 0 Å². The molecule has 0 N–H and O–H groups in total. The molecule has 0 bridgehead atoms. The minimum absolute atomic E-state index is 1.18. The van der Waals surface area contributed by atoms with Crippen LogP contribution < -0.4 is 0 Å². The van der Waals surface area contributed by atoms with Crippen molar-refractivity contribution < 1.29 is 0 Å². The predicted octanol–water partition coefficient (Wildman–Crippen LogP) is 2.05. The third kappa shape index (κ3) is 2.14. The topological polar surface area (TPSA) is 3.24 Å². The maximum atomic E-state index is 2.51. The molecule has 58 valence electrons. The van der Waals surface area contributed by atoms with Gasteiger partial charge < -0.3 is 0 Å². The monoisotopic (exact) mass is 139 g/mol. The van der Waals surface area contributed by atoms with Crippen LogP contribution in [-0.4, -0.2) is 24.5 Å². The molecular formula is C9H17N. The van der Waals surface area contributed by atoms with Crippen molar-refractivity contribution in [2.45, 2.75) is 26.7 Å². The molecule has 0 radical (unpaired) electrons. The Labute approximate surface area is 63.7 Å². The second kappa shape index (κ2) is 3.77. The minimum Gasteiger partial charge on any atom is -0.299 e. The van der Waals surface area contributed by atoms with Crippen LogP contribution in [-0.2, 0) is 0 Å². The van der Waals surface area contributed by atoms with E-state index in [1.807, 2.05) is 0 Å². The molecule has 0 amide bonds. The third-order valence-corrected chi connectivity index (χ3v) is 2.06. The number of rotatable bonds is 2. The second-order valence-electron chi connectivity index (χ2n) is 3.10. The zero-order valence-corrected chi connectivity index (χ0v) is 7.06. The SMILES string of the molecule is CCCN1CC=C(C)CC1. The summed E-state index contributed by atoms with van der Waals surface area (Å²) in [6.07, 6.45) is 4.91. The van der Waals surface area contributed by atoms with Crippen LogP contribution in [0.15, 0.2) is 11.6 Å². The van der Waals surface area contributed by atoms with Gasteiger partial charge in [-0.3, -0.25) is 4.90 Å². The van der Waals surface area contributed by atoms with E-state index >= 15 is 0 Å². The van der Waals surface area contributed by atoms with Gasteiger partial charge in [-0.2, -0.15) is 0 Å². The first-order valence-electron chi connectivity index (χ1n) is 4.21. The average molecular weight is 139 g/mol. The largest absolute Gasteiger partial charge is 0.299 e. The summed E-state index contributed by atoms with van der Waals surface area (Å²) in [5.41, 5.74) is 1.56. The molecule has 0 spiro atoms. The molecule has 1 heteroatoms. The van der Waals surface area contributed by atoms with Gasteiger partial charge in [0.2, 0.25) is 0 Å². The Morgan fingerprint density at radius 1 is 1.60 bits per heavy atom. The Hall–Kier alpha value is -0.300. The van der Waals surface area contributed by atoms with Crippen LogP contribution in [0.4, 0.5) is 0 Å². The van der Waals surface area contributed by atoms with Crippen molar-refractivity contribution in [2.75, 3.05) is 19.6 Å². The zero-order chi connectivity index (χ0) is 7.40. The smallest absolute Gasteiger partial charge is 0.0165 e. The van der Waals surface area contributed by atoms with Gasteiger partial charge in [-0.25, -0.2) is 0 Å². The van der Waals surface area contributed by atoms with E-state index in [-0.39, 0.29) is 0 Å². The molecule has 0 saturated carbocycles. The first kappa shape index (κ1) is 7.80. The highest BCUT2D eigenvalue weighted by atomic mass is 15.1. The Kier molecular flexibility index (Phi) is 2.94. The molecule has 1 rings (SSSR count). The molecule has 1 aliphatic rings. The van der Waals surface area contributed by atoms with Crippen molar-refractivity contribution in [1.82, 2.24) is 4.90 Å². The molecule has 0 aromatic carbocycles. The van der Waals surface area contributed by atoms with Gasteiger partial charge in [0.25, 0.3) is 0 Å². The Balaban J connectivity index is 2.27. The molecule has 0 saturated heterocycles. The molecule has 0 fully saturated rings. The molecule has 0 unspecified atom stereocenters. The van der Waals surface area contributed by atoms with E-state index in [1.165, 1.54) is 32.5 Å². The summed E-state index contributed by atoms with van der Waals surface area (Å²) in [5, 5.41) is 0. The summed E-state index contributed by atoms with van der Waals surface area (Å²) in [6.45, 7) is 8.19. The highest BCUT2D eigenvalue weighted by molar-refractivity contribution is 5.03. The van der Waals surface area contributed by atoms with E-state index in [1.54, 1.807) is 5.57 Å². The molecular weight excluding hydrogens is 122 g/mol. The van der Waals surface area contributed by atoms with E-state index in [2.05, 4.69) is 24.8 Å². The summed E-state index contributed by atoms with van der Waals surface area (Å²) in [4.78, 5) is 2.51. The first-order chi connectivity index (χ1) is 4.83. The van der Waals surface area contributed by atoms with Crippen molar-refractivity contribution in [3.63, 3.8) is 0 Å². The molecule has 1 aliphatic heterocycles. The van der Waals surface area contributed by atoms with Gasteiger partial charge in [-0.15, -0.1) is 0 Å². The number of nitrogens with zero attached hydrogens (tertiary/aromatic N) is 1. The molecule has 1 nitrogen and oxygen atoms in total. The highest BCUT2D eigenvalue weighted by Crippen LogP contribution is 2.08. The lowest BCUT2D eigenvalue weighted by atomic mass is 10.1. The fourth-order valence-electron chi connectivity index (χ4n) is 1.33. The van der Waals surface area contributed by atoms with E-state index in [9.17, 15) is 0 Å². The van der Waals surface area contributed by atoms with Crippen molar-refractivity contribution in [3.8, 4) is 0 Å². The van der Waals surface area contributed by atoms with Crippen molar-refractivity contribution in [1.29, 1.82) is 0 Å². The van der Waals surface area contributed by atoms with Crippen LogP contribution in [0.3, 0.4) is 0 Å². The fourth-order valence-corrected chi connectivity index (χ4v) is 1.33. The summed E-state index contributed by atoms with van der Waals surface area (Å²) >= 11 is 0. The lowest BCUT2D eigenvalue weighted by molar-refractivity contribution is 0.295.